The number of cyclic esters (lactones) is 1. The van der Waals surface area contributed by atoms with Crippen LogP contribution in [0, 0.1) is 0 Å². The Bertz CT molecular complexity index is 1080. The van der Waals surface area contributed by atoms with Crippen molar-refractivity contribution in [2.75, 3.05) is 6.61 Å². The Labute approximate surface area is 169 Å². The van der Waals surface area contributed by atoms with Crippen molar-refractivity contribution < 1.29 is 14.3 Å². The molecule has 4 nitrogen and oxygen atoms in total. The topological polar surface area (TPSA) is 47.9 Å². The van der Waals surface area contributed by atoms with Crippen molar-refractivity contribution in [3.05, 3.63) is 108 Å². The Kier molecular flexibility index (Phi) is 5.34. The molecule has 3 aromatic rings. The molecule has 0 radical (unpaired) electrons. The smallest absolute Gasteiger partial charge is 0.363 e. The highest BCUT2D eigenvalue weighted by molar-refractivity contribution is 6.12. The molecule has 29 heavy (non-hydrogen) atoms. The summed E-state index contributed by atoms with van der Waals surface area (Å²) in [6.07, 6.45) is 3.39. The number of hydrogen-bond donors (Lipinski definition) is 0. The highest BCUT2D eigenvalue weighted by atomic mass is 16.6. The Morgan fingerprint density at radius 3 is 2.21 bits per heavy atom. The lowest BCUT2D eigenvalue weighted by molar-refractivity contribution is -0.129. The molecule has 0 fully saturated rings. The van der Waals surface area contributed by atoms with Gasteiger partial charge in [-0.25, -0.2) is 9.79 Å². The van der Waals surface area contributed by atoms with Gasteiger partial charge in [-0.15, -0.1) is 0 Å². The SMILES string of the molecule is C=CCOc1ccc(/C=C2\N=C(c3ccc(-c4ccccc4)cc3)OC2=O)cc1. The third-order valence-corrected chi connectivity index (χ3v) is 4.41. The first kappa shape index (κ1) is 18.4. The number of ether oxygens (including phenoxy) is 2. The van der Waals surface area contributed by atoms with Gasteiger partial charge in [-0.1, -0.05) is 67.3 Å². The van der Waals surface area contributed by atoms with Crippen molar-refractivity contribution in [2.45, 2.75) is 0 Å². The highest BCUT2D eigenvalue weighted by Gasteiger charge is 2.24. The lowest BCUT2D eigenvalue weighted by Gasteiger charge is -2.03. The summed E-state index contributed by atoms with van der Waals surface area (Å²) >= 11 is 0. The number of nitrogens with zero attached hydrogens (tertiary/aromatic N) is 1. The Balaban J connectivity index is 1.52. The molecular weight excluding hydrogens is 362 g/mol. The van der Waals surface area contributed by atoms with E-state index in [2.05, 4.69) is 23.7 Å². The molecule has 1 aliphatic rings. The third-order valence-electron chi connectivity index (χ3n) is 4.41. The predicted octanol–water partition coefficient (Wildman–Crippen LogP) is 5.26. The van der Waals surface area contributed by atoms with Gasteiger partial charge in [-0.2, -0.15) is 0 Å². The maximum atomic E-state index is 12.2. The molecule has 3 aromatic carbocycles. The molecule has 1 aliphatic heterocycles. The number of carbonyl (C=O) groups excluding carboxylic acids is 1. The van der Waals surface area contributed by atoms with Crippen molar-refractivity contribution >= 4 is 17.9 Å². The lowest BCUT2D eigenvalue weighted by atomic mass is 10.0. The van der Waals surface area contributed by atoms with Crippen LogP contribution >= 0.6 is 0 Å². The number of carbonyl (C=O) groups is 1. The summed E-state index contributed by atoms with van der Waals surface area (Å²) in [4.78, 5) is 16.6. The van der Waals surface area contributed by atoms with E-state index in [0.717, 1.165) is 28.0 Å². The summed E-state index contributed by atoms with van der Waals surface area (Å²) in [6.45, 7) is 4.07. The van der Waals surface area contributed by atoms with Crippen LogP contribution in [-0.4, -0.2) is 18.5 Å². The second-order valence-corrected chi connectivity index (χ2v) is 6.45. The predicted molar refractivity (Wildman–Crippen MR) is 115 cm³/mol. The van der Waals surface area contributed by atoms with Crippen molar-refractivity contribution in [3.63, 3.8) is 0 Å². The molecule has 0 amide bonds. The molecule has 0 aromatic heterocycles. The number of aliphatic imine (C=N–C) groups is 1. The molecule has 0 spiro atoms. The fourth-order valence-electron chi connectivity index (χ4n) is 2.94. The van der Waals surface area contributed by atoms with Gasteiger partial charge in [0, 0.05) is 5.56 Å². The molecule has 4 heteroatoms. The van der Waals surface area contributed by atoms with E-state index in [1.807, 2.05) is 66.7 Å². The fourth-order valence-corrected chi connectivity index (χ4v) is 2.94. The van der Waals surface area contributed by atoms with Gasteiger partial charge >= 0.3 is 5.97 Å². The van der Waals surface area contributed by atoms with Crippen LogP contribution in [0.3, 0.4) is 0 Å². The van der Waals surface area contributed by atoms with Gasteiger partial charge < -0.3 is 9.47 Å². The van der Waals surface area contributed by atoms with Gasteiger partial charge in [0.2, 0.25) is 5.90 Å². The molecule has 0 bridgehead atoms. The second-order valence-electron chi connectivity index (χ2n) is 6.45. The minimum atomic E-state index is -0.459. The van der Waals surface area contributed by atoms with E-state index < -0.39 is 5.97 Å². The normalized spacial score (nSPS) is 14.4. The minimum absolute atomic E-state index is 0.270. The standard InChI is InChI=1S/C25H19NO3/c1-2-16-28-22-14-8-18(9-15-22)17-23-25(27)29-24(26-23)21-12-10-20(11-13-21)19-6-4-3-5-7-19/h2-15,17H,1,16H2/b23-17-. The van der Waals surface area contributed by atoms with Crippen molar-refractivity contribution in [2.24, 2.45) is 4.99 Å². The summed E-state index contributed by atoms with van der Waals surface area (Å²) in [5.41, 5.74) is 4.09. The van der Waals surface area contributed by atoms with Crippen molar-refractivity contribution in [1.82, 2.24) is 0 Å². The van der Waals surface area contributed by atoms with E-state index in [9.17, 15) is 4.79 Å². The van der Waals surface area contributed by atoms with Crippen LogP contribution in [-0.2, 0) is 9.53 Å². The molecule has 0 saturated heterocycles. The van der Waals surface area contributed by atoms with Gasteiger partial charge in [0.05, 0.1) is 0 Å². The van der Waals surface area contributed by atoms with Gasteiger partial charge in [-0.3, -0.25) is 0 Å². The van der Waals surface area contributed by atoms with Crippen LogP contribution < -0.4 is 4.74 Å². The maximum Gasteiger partial charge on any atom is 0.363 e. The van der Waals surface area contributed by atoms with E-state index >= 15 is 0 Å². The van der Waals surface area contributed by atoms with E-state index in [4.69, 9.17) is 9.47 Å². The second kappa shape index (κ2) is 8.40. The highest BCUT2D eigenvalue weighted by Crippen LogP contribution is 2.23. The first-order chi connectivity index (χ1) is 14.2. The molecular formula is C25H19NO3. The van der Waals surface area contributed by atoms with E-state index in [1.54, 1.807) is 12.2 Å². The number of hydrogen-bond acceptors (Lipinski definition) is 4. The fraction of sp³-hybridized carbons (Fsp3) is 0.0400. The van der Waals surface area contributed by atoms with Crippen molar-refractivity contribution in [3.8, 4) is 16.9 Å². The quantitative estimate of drug-likeness (QED) is 0.332. The maximum absolute atomic E-state index is 12.2. The van der Waals surface area contributed by atoms with E-state index in [0.29, 0.717) is 12.5 Å². The summed E-state index contributed by atoms with van der Waals surface area (Å²) in [5.74, 6) is 0.592. The average Bonchev–Trinajstić information content (AvgIpc) is 3.14. The van der Waals surface area contributed by atoms with Gasteiger partial charge in [-0.05, 0) is 47.0 Å². The first-order valence-electron chi connectivity index (χ1n) is 9.25. The molecule has 0 N–H and O–H groups in total. The van der Waals surface area contributed by atoms with Crippen LogP contribution in [0.5, 0.6) is 5.75 Å². The number of rotatable bonds is 6. The molecule has 1 heterocycles. The third kappa shape index (κ3) is 4.33. The van der Waals surface area contributed by atoms with Crippen LogP contribution in [0.25, 0.3) is 17.2 Å². The van der Waals surface area contributed by atoms with Crippen LogP contribution in [0.2, 0.25) is 0 Å². The zero-order chi connectivity index (χ0) is 20.1. The van der Waals surface area contributed by atoms with E-state index in [1.165, 1.54) is 0 Å². The molecule has 0 saturated carbocycles. The Morgan fingerprint density at radius 1 is 0.862 bits per heavy atom. The summed E-state index contributed by atoms with van der Waals surface area (Å²) < 4.78 is 10.8. The molecule has 4 rings (SSSR count). The average molecular weight is 381 g/mol. The van der Waals surface area contributed by atoms with Gasteiger partial charge in [0.1, 0.15) is 12.4 Å². The Morgan fingerprint density at radius 2 is 1.52 bits per heavy atom. The minimum Gasteiger partial charge on any atom is -0.490 e. The van der Waals surface area contributed by atoms with Crippen LogP contribution in [0.4, 0.5) is 0 Å². The largest absolute Gasteiger partial charge is 0.490 e. The summed E-state index contributed by atoms with van der Waals surface area (Å²) in [5, 5.41) is 0. The zero-order valence-electron chi connectivity index (χ0n) is 15.7. The lowest BCUT2D eigenvalue weighted by Crippen LogP contribution is -2.05. The van der Waals surface area contributed by atoms with E-state index in [-0.39, 0.29) is 5.70 Å². The zero-order valence-corrected chi connectivity index (χ0v) is 15.7. The molecule has 142 valence electrons. The molecule has 0 atom stereocenters. The van der Waals surface area contributed by atoms with Crippen LogP contribution in [0.1, 0.15) is 11.1 Å². The number of esters is 1. The monoisotopic (exact) mass is 381 g/mol. The van der Waals surface area contributed by atoms with Gasteiger partial charge in [0.15, 0.2) is 5.70 Å². The molecule has 0 aliphatic carbocycles. The Hall–Kier alpha value is -3.92. The first-order valence-corrected chi connectivity index (χ1v) is 9.25. The molecule has 0 unspecified atom stereocenters. The number of benzene rings is 3. The van der Waals surface area contributed by atoms with Gasteiger partial charge in [0.25, 0.3) is 0 Å². The summed E-state index contributed by atoms with van der Waals surface area (Å²) in [7, 11) is 0. The van der Waals surface area contributed by atoms with Crippen LogP contribution in [0.15, 0.2) is 102 Å². The van der Waals surface area contributed by atoms with Crippen molar-refractivity contribution in [1.29, 1.82) is 0 Å². The summed E-state index contributed by atoms with van der Waals surface area (Å²) in [6, 6.07) is 25.3.